The number of aromatic nitrogens is 2. The lowest BCUT2D eigenvalue weighted by atomic mass is 9.99. The Bertz CT molecular complexity index is 1220. The van der Waals surface area contributed by atoms with Crippen LogP contribution in [0.25, 0.3) is 11.3 Å². The van der Waals surface area contributed by atoms with E-state index in [4.69, 9.17) is 8.83 Å². The van der Waals surface area contributed by atoms with Crippen molar-refractivity contribution in [3.63, 3.8) is 0 Å². The Morgan fingerprint density at radius 2 is 1.75 bits per heavy atom. The fourth-order valence-electron chi connectivity index (χ4n) is 3.42. The smallest absolute Gasteiger partial charge is 0.295 e. The van der Waals surface area contributed by atoms with Gasteiger partial charge in [-0.3, -0.25) is 29.8 Å². The van der Waals surface area contributed by atoms with Gasteiger partial charge in [0, 0.05) is 5.56 Å². The molecule has 1 atom stereocenters. The number of nitrogens with zero attached hydrogens (tertiary/aromatic N) is 2. The van der Waals surface area contributed by atoms with Crippen LogP contribution in [-0.2, 0) is 4.79 Å². The summed E-state index contributed by atoms with van der Waals surface area (Å²) >= 11 is 0. The van der Waals surface area contributed by atoms with Crippen molar-refractivity contribution in [3.05, 3.63) is 58.8 Å². The van der Waals surface area contributed by atoms with Gasteiger partial charge in [0.15, 0.2) is 18.1 Å². The highest BCUT2D eigenvalue weighted by Crippen LogP contribution is 2.36. The van der Waals surface area contributed by atoms with Crippen LogP contribution in [0.4, 0.5) is 0 Å². The fraction of sp³-hybridized carbons (Fsp3) is 0.111. The Labute approximate surface area is 155 Å². The maximum absolute atomic E-state index is 12.4. The van der Waals surface area contributed by atoms with E-state index in [9.17, 15) is 19.2 Å². The van der Waals surface area contributed by atoms with E-state index in [2.05, 4.69) is 20.6 Å². The number of carbonyl (C=O) groups is 4. The average molecular weight is 378 g/mol. The van der Waals surface area contributed by atoms with Crippen molar-refractivity contribution in [3.8, 4) is 11.3 Å². The molecule has 0 spiro atoms. The molecule has 2 aromatic heterocycles. The van der Waals surface area contributed by atoms with Gasteiger partial charge in [0.25, 0.3) is 17.7 Å². The number of fused-ring (bicyclic) bond motifs is 2. The molecule has 1 aromatic carbocycles. The Morgan fingerprint density at radius 1 is 0.964 bits per heavy atom. The summed E-state index contributed by atoms with van der Waals surface area (Å²) in [6.07, 6.45) is 1.06. The first-order valence-electron chi connectivity index (χ1n) is 8.20. The summed E-state index contributed by atoms with van der Waals surface area (Å²) in [7, 11) is 0. The van der Waals surface area contributed by atoms with E-state index in [1.54, 1.807) is 19.1 Å². The molecular formula is C18H10N4O6. The zero-order valence-electron chi connectivity index (χ0n) is 14.2. The summed E-state index contributed by atoms with van der Waals surface area (Å²) < 4.78 is 10.9. The van der Waals surface area contributed by atoms with E-state index in [0.29, 0.717) is 11.3 Å². The van der Waals surface area contributed by atoms with Gasteiger partial charge in [-0.1, -0.05) is 12.1 Å². The number of imide groups is 2. The van der Waals surface area contributed by atoms with Gasteiger partial charge in [0.2, 0.25) is 17.6 Å². The number of rotatable bonds is 2. The van der Waals surface area contributed by atoms with Gasteiger partial charge < -0.3 is 8.83 Å². The second-order valence-corrected chi connectivity index (χ2v) is 6.30. The highest BCUT2D eigenvalue weighted by Gasteiger charge is 2.41. The first kappa shape index (κ1) is 16.1. The minimum Gasteiger partial charge on any atom is -0.439 e. The van der Waals surface area contributed by atoms with Crippen LogP contribution in [0.15, 0.2) is 33.4 Å². The third-order valence-corrected chi connectivity index (χ3v) is 4.64. The van der Waals surface area contributed by atoms with E-state index in [1.165, 1.54) is 6.07 Å². The third kappa shape index (κ3) is 2.08. The molecule has 4 heterocycles. The van der Waals surface area contributed by atoms with E-state index >= 15 is 0 Å². The Balaban J connectivity index is 1.66. The van der Waals surface area contributed by atoms with Crippen LogP contribution in [0.2, 0.25) is 0 Å². The topological polar surface area (TPSA) is 144 Å². The highest BCUT2D eigenvalue weighted by atomic mass is 16.4. The summed E-state index contributed by atoms with van der Waals surface area (Å²) in [6, 6.07) is 4.78. The average Bonchev–Trinajstić information content (AvgIpc) is 3.34. The Hall–Kier alpha value is -4.08. The number of benzene rings is 1. The molecule has 0 aliphatic carbocycles. The van der Waals surface area contributed by atoms with E-state index < -0.39 is 29.5 Å². The van der Waals surface area contributed by atoms with Crippen molar-refractivity contribution in [1.29, 1.82) is 0 Å². The molecule has 138 valence electrons. The van der Waals surface area contributed by atoms with E-state index in [-0.39, 0.29) is 34.2 Å². The lowest BCUT2D eigenvalue weighted by molar-refractivity contribution is -0.121. The monoisotopic (exact) mass is 378 g/mol. The molecule has 2 N–H and O–H groups in total. The molecule has 3 aromatic rings. The molecular weight excluding hydrogens is 368 g/mol. The summed E-state index contributed by atoms with van der Waals surface area (Å²) in [4.78, 5) is 56.5. The second-order valence-electron chi connectivity index (χ2n) is 6.30. The van der Waals surface area contributed by atoms with Gasteiger partial charge in [0.05, 0.1) is 16.8 Å². The predicted octanol–water partition coefficient (Wildman–Crippen LogP) is 0.924. The summed E-state index contributed by atoms with van der Waals surface area (Å²) in [5, 5.41) is 4.41. The number of hydrogen-bond donors (Lipinski definition) is 2. The zero-order valence-corrected chi connectivity index (χ0v) is 14.2. The van der Waals surface area contributed by atoms with Crippen LogP contribution in [0, 0.1) is 6.92 Å². The predicted molar refractivity (Wildman–Crippen MR) is 89.3 cm³/mol. The van der Waals surface area contributed by atoms with Gasteiger partial charge in [0.1, 0.15) is 5.69 Å². The van der Waals surface area contributed by atoms with Gasteiger partial charge in [-0.15, -0.1) is 0 Å². The molecule has 2 aliphatic heterocycles. The van der Waals surface area contributed by atoms with Crippen LogP contribution in [0.5, 0.6) is 0 Å². The minimum atomic E-state index is -1.08. The lowest BCUT2D eigenvalue weighted by Crippen LogP contribution is -2.40. The molecule has 28 heavy (non-hydrogen) atoms. The van der Waals surface area contributed by atoms with Crippen LogP contribution >= 0.6 is 0 Å². The molecule has 4 amide bonds. The first-order chi connectivity index (χ1) is 13.5. The largest absolute Gasteiger partial charge is 0.439 e. The molecule has 0 fully saturated rings. The maximum Gasteiger partial charge on any atom is 0.295 e. The van der Waals surface area contributed by atoms with Crippen LogP contribution in [0.1, 0.15) is 54.5 Å². The molecule has 10 heteroatoms. The van der Waals surface area contributed by atoms with Crippen molar-refractivity contribution in [2.24, 2.45) is 0 Å². The fourth-order valence-corrected chi connectivity index (χ4v) is 3.42. The third-order valence-electron chi connectivity index (χ3n) is 4.64. The molecule has 2 aliphatic rings. The summed E-state index contributed by atoms with van der Waals surface area (Å²) in [5.74, 6) is -3.29. The number of carbonyl (C=O) groups excluding carboxylic acids is 4. The Kier molecular flexibility index (Phi) is 3.14. The van der Waals surface area contributed by atoms with Crippen LogP contribution in [-0.4, -0.2) is 33.6 Å². The number of hydrogen-bond acceptors (Lipinski definition) is 8. The number of nitrogens with one attached hydrogen (secondary N) is 2. The number of oxazole rings is 2. The van der Waals surface area contributed by atoms with Crippen molar-refractivity contribution in [2.75, 3.05) is 0 Å². The van der Waals surface area contributed by atoms with Gasteiger partial charge in [-0.05, 0) is 13.0 Å². The summed E-state index contributed by atoms with van der Waals surface area (Å²) in [6.45, 7) is 1.64. The minimum absolute atomic E-state index is 0.00464. The molecule has 0 saturated carbocycles. The van der Waals surface area contributed by atoms with Crippen LogP contribution < -0.4 is 10.6 Å². The molecule has 1 unspecified atom stereocenters. The number of aryl methyl sites for hydroxylation is 1. The lowest BCUT2D eigenvalue weighted by Gasteiger charge is -2.16. The van der Waals surface area contributed by atoms with Gasteiger partial charge in [-0.2, -0.15) is 0 Å². The quantitative estimate of drug-likeness (QED) is 0.626. The van der Waals surface area contributed by atoms with Crippen LogP contribution in [0.3, 0.4) is 0 Å². The van der Waals surface area contributed by atoms with Crippen molar-refractivity contribution in [1.82, 2.24) is 20.6 Å². The molecule has 0 radical (unpaired) electrons. The number of amides is 4. The van der Waals surface area contributed by atoms with Crippen molar-refractivity contribution < 1.29 is 28.0 Å². The molecule has 0 bridgehead atoms. The molecule has 0 saturated heterocycles. The van der Waals surface area contributed by atoms with E-state index in [1.807, 2.05) is 0 Å². The Morgan fingerprint density at radius 3 is 2.57 bits per heavy atom. The first-order valence-corrected chi connectivity index (χ1v) is 8.20. The standard InChI is InChI=1S/C18H10N4O6/c1-6-12(7-3-2-4-8-9(7)15(24)21-14(8)23)28-18(20-6)10-11-13(27-5-19-11)17(26)22-16(10)25/h2-5,10H,1H3,(H,21,23,24)(H,22,25,26). The molecule has 5 rings (SSSR count). The highest BCUT2D eigenvalue weighted by molar-refractivity contribution is 6.24. The second kappa shape index (κ2) is 5.46. The normalized spacial score (nSPS) is 18.0. The van der Waals surface area contributed by atoms with Gasteiger partial charge >= 0.3 is 0 Å². The summed E-state index contributed by atoms with van der Waals surface area (Å²) in [5.41, 5.74) is 1.31. The molecule has 10 nitrogen and oxygen atoms in total. The van der Waals surface area contributed by atoms with Gasteiger partial charge in [-0.25, -0.2) is 9.97 Å². The van der Waals surface area contributed by atoms with Crippen molar-refractivity contribution >= 4 is 23.6 Å². The van der Waals surface area contributed by atoms with E-state index in [0.717, 1.165) is 6.39 Å². The maximum atomic E-state index is 12.4. The SMILES string of the molecule is Cc1nc(C2C(=O)NC(=O)c3ocnc32)oc1-c1cccc2c1C(=O)NC2=O. The van der Waals surface area contributed by atoms with Crippen molar-refractivity contribution in [2.45, 2.75) is 12.8 Å². The zero-order chi connectivity index (χ0) is 19.6.